The van der Waals surface area contributed by atoms with Gasteiger partial charge in [0.2, 0.25) is 0 Å². The van der Waals surface area contributed by atoms with E-state index < -0.39 is 5.97 Å². The summed E-state index contributed by atoms with van der Waals surface area (Å²) < 4.78 is 0. The van der Waals surface area contributed by atoms with E-state index in [0.717, 1.165) is 0 Å². The van der Waals surface area contributed by atoms with E-state index >= 15 is 0 Å². The van der Waals surface area contributed by atoms with Gasteiger partial charge in [0.1, 0.15) is 5.76 Å². The molecule has 1 unspecified atom stereocenters. The lowest BCUT2D eigenvalue weighted by Gasteiger charge is -2.17. The molecule has 3 rings (SSSR count). The maximum atomic E-state index is 12.5. The van der Waals surface area contributed by atoms with Crippen molar-refractivity contribution in [3.05, 3.63) is 64.3 Å². The Morgan fingerprint density at radius 3 is 2.52 bits per heavy atom. The minimum absolute atomic E-state index is 0.0942. The third-order valence-electron chi connectivity index (χ3n) is 3.86. The molecule has 1 aromatic carbocycles. The van der Waals surface area contributed by atoms with Gasteiger partial charge in [0.25, 0.3) is 0 Å². The first-order valence-electron chi connectivity index (χ1n) is 6.73. The molecule has 21 heavy (non-hydrogen) atoms. The molecule has 0 saturated heterocycles. The maximum Gasteiger partial charge on any atom is 0.332 e. The van der Waals surface area contributed by atoms with Crippen LogP contribution < -0.4 is 0 Å². The van der Waals surface area contributed by atoms with Crippen molar-refractivity contribution in [2.45, 2.75) is 13.3 Å². The largest absolute Gasteiger partial charge is 0.507 e. The summed E-state index contributed by atoms with van der Waals surface area (Å²) in [6.45, 7) is 1.91. The van der Waals surface area contributed by atoms with E-state index in [0.29, 0.717) is 23.1 Å². The summed E-state index contributed by atoms with van der Waals surface area (Å²) in [6, 6.07) is 6.75. The molecule has 0 spiro atoms. The van der Waals surface area contributed by atoms with Crippen LogP contribution >= 0.6 is 0 Å². The maximum absolute atomic E-state index is 12.5. The topological polar surface area (TPSA) is 74.6 Å². The summed E-state index contributed by atoms with van der Waals surface area (Å²) in [7, 11) is 0. The molecule has 4 nitrogen and oxygen atoms in total. The first-order chi connectivity index (χ1) is 10.0. The second-order valence-corrected chi connectivity index (χ2v) is 5.34. The molecular formula is C17H14O4. The van der Waals surface area contributed by atoms with Gasteiger partial charge in [-0.15, -0.1) is 0 Å². The van der Waals surface area contributed by atoms with Gasteiger partial charge in [-0.25, -0.2) is 4.79 Å². The molecule has 2 aliphatic carbocycles. The van der Waals surface area contributed by atoms with E-state index in [1.54, 1.807) is 30.3 Å². The Kier molecular flexibility index (Phi) is 3.01. The van der Waals surface area contributed by atoms with Crippen LogP contribution in [0.15, 0.2) is 53.1 Å². The molecule has 0 bridgehead atoms. The van der Waals surface area contributed by atoms with Crippen LogP contribution in [0.3, 0.4) is 0 Å². The number of hydrogen-bond acceptors (Lipinski definition) is 3. The van der Waals surface area contributed by atoms with Crippen molar-refractivity contribution in [3.8, 4) is 0 Å². The van der Waals surface area contributed by atoms with Gasteiger partial charge < -0.3 is 10.2 Å². The number of aliphatic hydroxyl groups is 1. The summed E-state index contributed by atoms with van der Waals surface area (Å²) in [5.74, 6) is -1.41. The molecule has 0 radical (unpaired) electrons. The highest BCUT2D eigenvalue weighted by molar-refractivity contribution is 6.23. The zero-order valence-corrected chi connectivity index (χ0v) is 11.5. The predicted octanol–water partition coefficient (Wildman–Crippen LogP) is 3.13. The number of allylic oxidation sites excluding steroid dienone is 4. The number of aliphatic hydroxyl groups excluding tert-OH is 1. The highest BCUT2D eigenvalue weighted by atomic mass is 16.4. The van der Waals surface area contributed by atoms with E-state index in [9.17, 15) is 19.8 Å². The monoisotopic (exact) mass is 282 g/mol. The highest BCUT2D eigenvalue weighted by Crippen LogP contribution is 2.38. The molecule has 0 amide bonds. The number of benzene rings is 1. The number of hydrogen-bond donors (Lipinski definition) is 2. The van der Waals surface area contributed by atoms with Crippen molar-refractivity contribution < 1.29 is 19.8 Å². The summed E-state index contributed by atoms with van der Waals surface area (Å²) in [5.41, 5.74) is 1.46. The predicted molar refractivity (Wildman–Crippen MR) is 77.9 cm³/mol. The van der Waals surface area contributed by atoms with Crippen LogP contribution in [-0.2, 0) is 4.79 Å². The fourth-order valence-corrected chi connectivity index (χ4v) is 2.81. The van der Waals surface area contributed by atoms with Gasteiger partial charge in [0, 0.05) is 16.7 Å². The highest BCUT2D eigenvalue weighted by Gasteiger charge is 2.34. The molecule has 4 heteroatoms. The minimum Gasteiger partial charge on any atom is -0.507 e. The van der Waals surface area contributed by atoms with Gasteiger partial charge in [-0.3, -0.25) is 4.79 Å². The molecular weight excluding hydrogens is 268 g/mol. The molecule has 0 aliphatic heterocycles. The zero-order valence-electron chi connectivity index (χ0n) is 11.5. The third-order valence-corrected chi connectivity index (χ3v) is 3.86. The normalized spacial score (nSPS) is 21.0. The Bertz CT molecular complexity index is 750. The minimum atomic E-state index is -1.05. The van der Waals surface area contributed by atoms with Crippen LogP contribution in [0.25, 0.3) is 5.76 Å². The quantitative estimate of drug-likeness (QED) is 0.874. The van der Waals surface area contributed by atoms with E-state index in [1.165, 1.54) is 0 Å². The van der Waals surface area contributed by atoms with Crippen LogP contribution in [0.4, 0.5) is 0 Å². The van der Waals surface area contributed by atoms with Gasteiger partial charge in [-0.2, -0.15) is 0 Å². The summed E-state index contributed by atoms with van der Waals surface area (Å²) >= 11 is 0. The fourth-order valence-electron chi connectivity index (χ4n) is 2.81. The number of aliphatic carboxylic acids is 1. The van der Waals surface area contributed by atoms with Gasteiger partial charge in [0.15, 0.2) is 5.78 Å². The summed E-state index contributed by atoms with van der Waals surface area (Å²) in [6.07, 6.45) is 3.84. The number of carboxylic acids is 1. The first kappa shape index (κ1) is 13.4. The second kappa shape index (κ2) is 4.74. The smallest absolute Gasteiger partial charge is 0.332 e. The Labute approximate surface area is 121 Å². The number of fused-ring (bicyclic) bond motifs is 1. The number of carbonyl (C=O) groups excluding carboxylic acids is 1. The Morgan fingerprint density at radius 2 is 1.90 bits per heavy atom. The molecule has 1 atom stereocenters. The number of carboxylic acid groups (broad SMARTS) is 1. The van der Waals surface area contributed by atoms with Crippen molar-refractivity contribution in [3.63, 3.8) is 0 Å². The molecule has 1 aromatic rings. The SMILES string of the molecule is CC1C=CC(C2=C(O)c3ccccc3C2=O)=C(C(=O)O)C1. The molecule has 2 N–H and O–H groups in total. The lowest BCUT2D eigenvalue weighted by Crippen LogP contribution is -2.14. The van der Waals surface area contributed by atoms with E-state index in [1.807, 2.05) is 13.0 Å². The molecule has 2 aliphatic rings. The second-order valence-electron chi connectivity index (χ2n) is 5.34. The Morgan fingerprint density at radius 1 is 1.24 bits per heavy atom. The standard InChI is InChI=1S/C17H14O4/c1-9-6-7-10(13(8-9)17(20)21)14-15(18)11-4-2-3-5-12(11)16(14)19/h2-7,9,18H,8H2,1H3,(H,20,21). The van der Waals surface area contributed by atoms with E-state index in [2.05, 4.69) is 0 Å². The number of Topliss-reactive ketones (excluding diaryl/α,β-unsaturated/α-hetero) is 1. The number of carbonyl (C=O) groups is 2. The van der Waals surface area contributed by atoms with E-state index in [4.69, 9.17) is 0 Å². The van der Waals surface area contributed by atoms with Crippen molar-refractivity contribution in [1.29, 1.82) is 0 Å². The van der Waals surface area contributed by atoms with Crippen molar-refractivity contribution >= 4 is 17.5 Å². The van der Waals surface area contributed by atoms with Gasteiger partial charge in [-0.1, -0.05) is 43.3 Å². The van der Waals surface area contributed by atoms with Crippen molar-refractivity contribution in [2.24, 2.45) is 5.92 Å². The summed E-state index contributed by atoms with van der Waals surface area (Å²) in [5, 5.41) is 19.7. The van der Waals surface area contributed by atoms with Gasteiger partial charge >= 0.3 is 5.97 Å². The van der Waals surface area contributed by atoms with Crippen LogP contribution in [0, 0.1) is 5.92 Å². The van der Waals surface area contributed by atoms with Crippen LogP contribution in [0.5, 0.6) is 0 Å². The zero-order chi connectivity index (χ0) is 15.1. The average Bonchev–Trinajstić information content (AvgIpc) is 2.72. The molecule has 0 saturated carbocycles. The van der Waals surface area contributed by atoms with Gasteiger partial charge in [0.05, 0.1) is 5.57 Å². The molecule has 0 aromatic heterocycles. The summed E-state index contributed by atoms with van der Waals surface area (Å²) in [4.78, 5) is 23.9. The lowest BCUT2D eigenvalue weighted by molar-refractivity contribution is -0.132. The van der Waals surface area contributed by atoms with Crippen LogP contribution in [0.1, 0.15) is 29.3 Å². The Hall–Kier alpha value is -2.62. The fraction of sp³-hybridized carbons (Fsp3) is 0.176. The Balaban J connectivity index is 2.20. The molecule has 0 heterocycles. The average molecular weight is 282 g/mol. The molecule has 0 fully saturated rings. The third kappa shape index (κ3) is 2.00. The number of rotatable bonds is 2. The first-order valence-corrected chi connectivity index (χ1v) is 6.73. The van der Waals surface area contributed by atoms with Gasteiger partial charge in [-0.05, 0) is 17.9 Å². The van der Waals surface area contributed by atoms with Crippen LogP contribution in [0.2, 0.25) is 0 Å². The lowest BCUT2D eigenvalue weighted by atomic mass is 9.86. The number of ketones is 1. The van der Waals surface area contributed by atoms with E-state index in [-0.39, 0.29) is 28.6 Å². The molecule has 106 valence electrons. The van der Waals surface area contributed by atoms with Crippen molar-refractivity contribution in [1.82, 2.24) is 0 Å². The van der Waals surface area contributed by atoms with Crippen molar-refractivity contribution in [2.75, 3.05) is 0 Å². The van der Waals surface area contributed by atoms with Crippen LogP contribution in [-0.4, -0.2) is 22.0 Å².